The zero-order valence-corrected chi connectivity index (χ0v) is 15.0. The third-order valence-corrected chi connectivity index (χ3v) is 3.96. The van der Waals surface area contributed by atoms with E-state index in [1.807, 2.05) is 43.0 Å². The van der Waals surface area contributed by atoms with E-state index in [0.717, 1.165) is 57.2 Å². The normalized spacial score (nSPS) is 15.6. The van der Waals surface area contributed by atoms with E-state index in [4.69, 9.17) is 9.47 Å². The fraction of sp³-hybridized carbons (Fsp3) is 0.611. The third-order valence-electron chi connectivity index (χ3n) is 3.96. The van der Waals surface area contributed by atoms with Crippen LogP contribution in [0.4, 0.5) is 10.5 Å². The Hall–Kier alpha value is -1.79. The number of ether oxygens (including phenoxy) is 2. The SMILES string of the molecule is COCCCN1CCN(C(=O)Nc2ccc(OC(C)C)cc2)CC1. The molecule has 0 saturated carbocycles. The maximum absolute atomic E-state index is 12.3. The maximum Gasteiger partial charge on any atom is 0.321 e. The van der Waals surface area contributed by atoms with Crippen molar-refractivity contribution in [3.05, 3.63) is 24.3 Å². The van der Waals surface area contributed by atoms with Gasteiger partial charge in [0.05, 0.1) is 6.10 Å². The lowest BCUT2D eigenvalue weighted by Gasteiger charge is -2.34. The van der Waals surface area contributed by atoms with Crippen molar-refractivity contribution >= 4 is 11.7 Å². The zero-order valence-electron chi connectivity index (χ0n) is 15.0. The van der Waals surface area contributed by atoms with Gasteiger partial charge in [-0.1, -0.05) is 0 Å². The molecule has 2 rings (SSSR count). The van der Waals surface area contributed by atoms with E-state index in [2.05, 4.69) is 10.2 Å². The lowest BCUT2D eigenvalue weighted by atomic mass is 10.3. The van der Waals surface area contributed by atoms with Crippen molar-refractivity contribution < 1.29 is 14.3 Å². The maximum atomic E-state index is 12.3. The van der Waals surface area contributed by atoms with Crippen molar-refractivity contribution in [2.45, 2.75) is 26.4 Å². The minimum absolute atomic E-state index is 0.0379. The fourth-order valence-electron chi connectivity index (χ4n) is 2.70. The number of methoxy groups -OCH3 is 1. The van der Waals surface area contributed by atoms with Crippen LogP contribution in [0, 0.1) is 0 Å². The van der Waals surface area contributed by atoms with Gasteiger partial charge in [-0.05, 0) is 44.5 Å². The monoisotopic (exact) mass is 335 g/mol. The number of hydrogen-bond donors (Lipinski definition) is 1. The highest BCUT2D eigenvalue weighted by Gasteiger charge is 2.20. The number of rotatable bonds is 7. The molecule has 24 heavy (non-hydrogen) atoms. The number of anilines is 1. The van der Waals surface area contributed by atoms with E-state index in [-0.39, 0.29) is 12.1 Å². The number of carbonyl (C=O) groups is 1. The van der Waals surface area contributed by atoms with Gasteiger partial charge in [-0.15, -0.1) is 0 Å². The second kappa shape index (κ2) is 9.49. The lowest BCUT2D eigenvalue weighted by Crippen LogP contribution is -2.50. The first-order valence-corrected chi connectivity index (χ1v) is 8.62. The Morgan fingerprint density at radius 1 is 1.17 bits per heavy atom. The Morgan fingerprint density at radius 3 is 2.42 bits per heavy atom. The lowest BCUT2D eigenvalue weighted by molar-refractivity contribution is 0.130. The van der Waals surface area contributed by atoms with E-state index < -0.39 is 0 Å². The Kier molecular flexibility index (Phi) is 7.34. The van der Waals surface area contributed by atoms with Crippen LogP contribution in [-0.4, -0.2) is 68.4 Å². The molecule has 1 aliphatic heterocycles. The van der Waals surface area contributed by atoms with Crippen LogP contribution in [-0.2, 0) is 4.74 Å². The second-order valence-corrected chi connectivity index (χ2v) is 6.30. The van der Waals surface area contributed by atoms with Crippen molar-refractivity contribution in [2.75, 3.05) is 51.8 Å². The van der Waals surface area contributed by atoms with Gasteiger partial charge in [0.15, 0.2) is 0 Å². The van der Waals surface area contributed by atoms with Gasteiger partial charge < -0.3 is 19.7 Å². The highest BCUT2D eigenvalue weighted by Crippen LogP contribution is 2.17. The predicted molar refractivity (Wildman–Crippen MR) is 95.7 cm³/mol. The van der Waals surface area contributed by atoms with Crippen LogP contribution in [0.3, 0.4) is 0 Å². The number of hydrogen-bond acceptors (Lipinski definition) is 4. The standard InChI is InChI=1S/C18H29N3O3/c1-15(2)24-17-7-5-16(6-8-17)19-18(22)21-12-10-20(11-13-21)9-4-14-23-3/h5-8,15H,4,9-14H2,1-3H3,(H,19,22). The molecule has 134 valence electrons. The molecule has 0 aliphatic carbocycles. The van der Waals surface area contributed by atoms with Crippen molar-refractivity contribution in [1.29, 1.82) is 0 Å². The molecule has 1 fully saturated rings. The summed E-state index contributed by atoms with van der Waals surface area (Å²) in [6.45, 7) is 9.14. The molecule has 1 aliphatic rings. The van der Waals surface area contributed by atoms with E-state index in [0.29, 0.717) is 0 Å². The van der Waals surface area contributed by atoms with E-state index >= 15 is 0 Å². The number of carbonyl (C=O) groups excluding carboxylic acids is 1. The highest BCUT2D eigenvalue weighted by atomic mass is 16.5. The molecule has 0 radical (unpaired) electrons. The Labute approximate surface area is 144 Å². The largest absolute Gasteiger partial charge is 0.491 e. The topological polar surface area (TPSA) is 54.0 Å². The van der Waals surface area contributed by atoms with Gasteiger partial charge in [-0.3, -0.25) is 4.90 Å². The van der Waals surface area contributed by atoms with Gasteiger partial charge in [0.25, 0.3) is 0 Å². The van der Waals surface area contributed by atoms with Crippen LogP contribution in [0.2, 0.25) is 0 Å². The molecule has 0 bridgehead atoms. The van der Waals surface area contributed by atoms with E-state index in [9.17, 15) is 4.79 Å². The summed E-state index contributed by atoms with van der Waals surface area (Å²) in [6, 6.07) is 7.46. The molecular weight excluding hydrogens is 306 g/mol. The zero-order chi connectivity index (χ0) is 17.4. The first kappa shape index (κ1) is 18.5. The number of nitrogens with one attached hydrogen (secondary N) is 1. The van der Waals surface area contributed by atoms with Crippen LogP contribution >= 0.6 is 0 Å². The van der Waals surface area contributed by atoms with Crippen LogP contribution in [0.1, 0.15) is 20.3 Å². The average molecular weight is 335 g/mol. The van der Waals surface area contributed by atoms with Gasteiger partial charge in [0, 0.05) is 52.1 Å². The van der Waals surface area contributed by atoms with Gasteiger partial charge >= 0.3 is 6.03 Å². The first-order chi connectivity index (χ1) is 11.6. The van der Waals surface area contributed by atoms with Gasteiger partial charge in [0.1, 0.15) is 5.75 Å². The molecule has 1 N–H and O–H groups in total. The van der Waals surface area contributed by atoms with E-state index in [1.165, 1.54) is 0 Å². The summed E-state index contributed by atoms with van der Waals surface area (Å²) in [5, 5.41) is 2.95. The summed E-state index contributed by atoms with van der Waals surface area (Å²) in [4.78, 5) is 16.6. The molecule has 0 aromatic heterocycles. The Bertz CT molecular complexity index is 497. The van der Waals surface area contributed by atoms with Gasteiger partial charge in [-0.2, -0.15) is 0 Å². The molecule has 0 spiro atoms. The Morgan fingerprint density at radius 2 is 1.83 bits per heavy atom. The fourth-order valence-corrected chi connectivity index (χ4v) is 2.70. The molecule has 1 saturated heterocycles. The summed E-state index contributed by atoms with van der Waals surface area (Å²) < 4.78 is 10.7. The first-order valence-electron chi connectivity index (χ1n) is 8.62. The summed E-state index contributed by atoms with van der Waals surface area (Å²) in [7, 11) is 1.73. The second-order valence-electron chi connectivity index (χ2n) is 6.30. The summed E-state index contributed by atoms with van der Waals surface area (Å²) in [6.07, 6.45) is 1.18. The summed E-state index contributed by atoms with van der Waals surface area (Å²) in [5.74, 6) is 0.813. The number of nitrogens with zero attached hydrogens (tertiary/aromatic N) is 2. The quantitative estimate of drug-likeness (QED) is 0.779. The summed E-state index contributed by atoms with van der Waals surface area (Å²) >= 11 is 0. The molecule has 2 amide bonds. The van der Waals surface area contributed by atoms with Crippen molar-refractivity contribution in [3.8, 4) is 5.75 Å². The average Bonchev–Trinajstić information content (AvgIpc) is 2.57. The van der Waals surface area contributed by atoms with E-state index in [1.54, 1.807) is 7.11 Å². The third kappa shape index (κ3) is 6.02. The molecule has 6 nitrogen and oxygen atoms in total. The van der Waals surface area contributed by atoms with Gasteiger partial charge in [-0.25, -0.2) is 4.79 Å². The molecule has 1 aromatic carbocycles. The number of benzene rings is 1. The highest BCUT2D eigenvalue weighted by molar-refractivity contribution is 5.89. The van der Waals surface area contributed by atoms with Crippen LogP contribution < -0.4 is 10.1 Å². The molecular formula is C18H29N3O3. The molecule has 1 heterocycles. The van der Waals surface area contributed by atoms with Crippen LogP contribution in [0.5, 0.6) is 5.75 Å². The minimum Gasteiger partial charge on any atom is -0.491 e. The van der Waals surface area contributed by atoms with Gasteiger partial charge in [0.2, 0.25) is 0 Å². The number of urea groups is 1. The van der Waals surface area contributed by atoms with Crippen molar-refractivity contribution in [2.24, 2.45) is 0 Å². The van der Waals surface area contributed by atoms with Crippen LogP contribution in [0.15, 0.2) is 24.3 Å². The summed E-state index contributed by atoms with van der Waals surface area (Å²) in [5.41, 5.74) is 0.790. The van der Waals surface area contributed by atoms with Crippen molar-refractivity contribution in [1.82, 2.24) is 9.80 Å². The predicted octanol–water partition coefficient (Wildman–Crippen LogP) is 2.66. The van der Waals surface area contributed by atoms with Crippen molar-refractivity contribution in [3.63, 3.8) is 0 Å². The molecule has 0 unspecified atom stereocenters. The number of amides is 2. The van der Waals surface area contributed by atoms with Crippen LogP contribution in [0.25, 0.3) is 0 Å². The molecule has 0 atom stereocenters. The smallest absolute Gasteiger partial charge is 0.321 e. The Balaban J connectivity index is 1.75. The minimum atomic E-state index is -0.0379. The molecule has 1 aromatic rings. The number of piperazine rings is 1. The molecule has 6 heteroatoms.